The van der Waals surface area contributed by atoms with Crippen LogP contribution in [0.3, 0.4) is 0 Å². The van der Waals surface area contributed by atoms with Crippen LogP contribution in [0.2, 0.25) is 5.02 Å². The molecule has 2 rings (SSSR count). The summed E-state index contributed by atoms with van der Waals surface area (Å²) in [4.78, 5) is 4.19. The summed E-state index contributed by atoms with van der Waals surface area (Å²) in [7, 11) is 1.84. The lowest BCUT2D eigenvalue weighted by Gasteiger charge is -2.10. The predicted octanol–water partition coefficient (Wildman–Crippen LogP) is 3.07. The second kappa shape index (κ2) is 6.03. The number of rotatable bonds is 4. The molecule has 0 saturated heterocycles. The Labute approximate surface area is 125 Å². The van der Waals surface area contributed by atoms with Crippen molar-refractivity contribution >= 4 is 27.5 Å². The Morgan fingerprint density at radius 2 is 2.21 bits per heavy atom. The smallest absolute Gasteiger partial charge is 0.101 e. The van der Waals surface area contributed by atoms with Gasteiger partial charge in [0.2, 0.25) is 0 Å². The van der Waals surface area contributed by atoms with E-state index in [1.807, 2.05) is 20.0 Å². The maximum Gasteiger partial charge on any atom is 0.101 e. The van der Waals surface area contributed by atoms with Crippen LogP contribution in [0.5, 0.6) is 0 Å². The largest absolute Gasteiger partial charge is 0.386 e. The van der Waals surface area contributed by atoms with Gasteiger partial charge in [0.25, 0.3) is 0 Å². The van der Waals surface area contributed by atoms with E-state index in [1.165, 1.54) is 0 Å². The maximum atomic E-state index is 10.2. The average molecular weight is 345 g/mol. The normalized spacial score (nSPS) is 12.7. The van der Waals surface area contributed by atoms with Gasteiger partial charge < -0.3 is 5.11 Å². The molecule has 2 aromatic rings. The van der Waals surface area contributed by atoms with Gasteiger partial charge in [0, 0.05) is 24.1 Å². The molecule has 2 heterocycles. The zero-order valence-electron chi connectivity index (χ0n) is 10.8. The van der Waals surface area contributed by atoms with Crippen molar-refractivity contribution < 1.29 is 5.11 Å². The highest BCUT2D eigenvalue weighted by Crippen LogP contribution is 2.26. The van der Waals surface area contributed by atoms with Crippen molar-refractivity contribution in [2.75, 3.05) is 0 Å². The standard InChI is InChI=1S/C13H15BrClN3O/c1-3-9-13(15)11(18(2)17-9)6-12(19)10-5-4-8(14)7-16-10/h4-5,7,12,19H,3,6H2,1-2H3. The molecule has 0 fully saturated rings. The van der Waals surface area contributed by atoms with Crippen LogP contribution in [-0.4, -0.2) is 19.9 Å². The first-order chi connectivity index (χ1) is 9.02. The van der Waals surface area contributed by atoms with E-state index in [0.29, 0.717) is 17.1 Å². The van der Waals surface area contributed by atoms with Crippen LogP contribution in [-0.2, 0) is 19.9 Å². The lowest BCUT2D eigenvalue weighted by Crippen LogP contribution is -2.08. The SMILES string of the molecule is CCc1nn(C)c(CC(O)c2ccc(Br)cn2)c1Cl. The van der Waals surface area contributed by atoms with Crippen molar-refractivity contribution in [1.29, 1.82) is 0 Å². The van der Waals surface area contributed by atoms with Crippen molar-refractivity contribution in [2.45, 2.75) is 25.9 Å². The minimum Gasteiger partial charge on any atom is -0.386 e. The van der Waals surface area contributed by atoms with E-state index in [-0.39, 0.29) is 0 Å². The summed E-state index contributed by atoms with van der Waals surface area (Å²) in [5.74, 6) is 0. The van der Waals surface area contributed by atoms with Crippen LogP contribution in [0.4, 0.5) is 0 Å². The summed E-state index contributed by atoms with van der Waals surface area (Å²) < 4.78 is 2.61. The molecule has 4 nitrogen and oxygen atoms in total. The van der Waals surface area contributed by atoms with E-state index in [1.54, 1.807) is 16.9 Å². The van der Waals surface area contributed by atoms with Gasteiger partial charge in [-0.3, -0.25) is 9.67 Å². The first kappa shape index (κ1) is 14.5. The van der Waals surface area contributed by atoms with Crippen LogP contribution < -0.4 is 0 Å². The number of halogens is 2. The van der Waals surface area contributed by atoms with Gasteiger partial charge in [-0.25, -0.2) is 0 Å². The molecule has 0 radical (unpaired) electrons. The van der Waals surface area contributed by atoms with E-state index < -0.39 is 6.10 Å². The number of hydrogen-bond acceptors (Lipinski definition) is 3. The molecule has 0 aromatic carbocycles. The molecular formula is C13H15BrClN3O. The number of aromatic nitrogens is 3. The molecular weight excluding hydrogens is 330 g/mol. The van der Waals surface area contributed by atoms with E-state index in [9.17, 15) is 5.11 Å². The number of nitrogens with zero attached hydrogens (tertiary/aromatic N) is 3. The molecule has 0 amide bonds. The highest BCUT2D eigenvalue weighted by Gasteiger charge is 2.18. The summed E-state index contributed by atoms with van der Waals surface area (Å²) in [5, 5.41) is 15.2. The Morgan fingerprint density at radius 1 is 1.47 bits per heavy atom. The molecule has 1 atom stereocenters. The first-order valence-corrected chi connectivity index (χ1v) is 7.19. The van der Waals surface area contributed by atoms with Crippen molar-refractivity contribution in [3.63, 3.8) is 0 Å². The minimum atomic E-state index is -0.689. The third-order valence-corrected chi connectivity index (χ3v) is 3.89. The van der Waals surface area contributed by atoms with Gasteiger partial charge in [-0.2, -0.15) is 5.10 Å². The van der Waals surface area contributed by atoms with Crippen LogP contribution in [0.25, 0.3) is 0 Å². The van der Waals surface area contributed by atoms with Gasteiger partial charge in [0.05, 0.1) is 22.1 Å². The Bertz CT molecular complexity index is 568. The molecule has 6 heteroatoms. The zero-order valence-corrected chi connectivity index (χ0v) is 13.1. The first-order valence-electron chi connectivity index (χ1n) is 6.02. The van der Waals surface area contributed by atoms with Crippen molar-refractivity contribution in [3.05, 3.63) is 44.9 Å². The van der Waals surface area contributed by atoms with E-state index in [2.05, 4.69) is 26.0 Å². The molecule has 0 spiro atoms. The molecule has 102 valence electrons. The second-order valence-corrected chi connectivity index (χ2v) is 5.60. The van der Waals surface area contributed by atoms with Gasteiger partial charge in [-0.05, 0) is 34.5 Å². The van der Waals surface area contributed by atoms with Crippen molar-refractivity contribution in [3.8, 4) is 0 Å². The van der Waals surface area contributed by atoms with E-state index >= 15 is 0 Å². The predicted molar refractivity (Wildman–Crippen MR) is 78.2 cm³/mol. The van der Waals surface area contributed by atoms with Gasteiger partial charge in [-0.1, -0.05) is 18.5 Å². The number of pyridine rings is 1. The molecule has 0 bridgehead atoms. The van der Waals surface area contributed by atoms with Crippen LogP contribution in [0, 0.1) is 0 Å². The maximum absolute atomic E-state index is 10.2. The Kier molecular flexibility index (Phi) is 4.60. The summed E-state index contributed by atoms with van der Waals surface area (Å²) in [6, 6.07) is 3.65. The second-order valence-electron chi connectivity index (χ2n) is 4.31. The van der Waals surface area contributed by atoms with E-state index in [4.69, 9.17) is 11.6 Å². The van der Waals surface area contributed by atoms with Crippen LogP contribution in [0.15, 0.2) is 22.8 Å². The van der Waals surface area contributed by atoms with Gasteiger partial charge in [0.15, 0.2) is 0 Å². The fraction of sp³-hybridized carbons (Fsp3) is 0.385. The summed E-state index contributed by atoms with van der Waals surface area (Å²) in [6.45, 7) is 2.00. The topological polar surface area (TPSA) is 50.9 Å². The quantitative estimate of drug-likeness (QED) is 0.927. The number of aliphatic hydroxyl groups is 1. The third-order valence-electron chi connectivity index (χ3n) is 2.98. The number of aliphatic hydroxyl groups excluding tert-OH is 1. The molecule has 0 saturated carbocycles. The van der Waals surface area contributed by atoms with Gasteiger partial charge in [-0.15, -0.1) is 0 Å². The van der Waals surface area contributed by atoms with Crippen molar-refractivity contribution in [1.82, 2.24) is 14.8 Å². The minimum absolute atomic E-state index is 0.400. The molecule has 0 aliphatic rings. The Hall–Kier alpha value is -0.910. The molecule has 0 aliphatic carbocycles. The van der Waals surface area contributed by atoms with Crippen LogP contribution in [0.1, 0.15) is 30.1 Å². The molecule has 0 aliphatic heterocycles. The zero-order chi connectivity index (χ0) is 14.0. The van der Waals surface area contributed by atoms with Crippen molar-refractivity contribution in [2.24, 2.45) is 7.05 Å². The lowest BCUT2D eigenvalue weighted by atomic mass is 10.1. The molecule has 2 aromatic heterocycles. The van der Waals surface area contributed by atoms with Gasteiger partial charge >= 0.3 is 0 Å². The van der Waals surface area contributed by atoms with Gasteiger partial charge in [0.1, 0.15) is 6.10 Å². The monoisotopic (exact) mass is 343 g/mol. The van der Waals surface area contributed by atoms with E-state index in [0.717, 1.165) is 22.3 Å². The Balaban J connectivity index is 2.21. The fourth-order valence-corrected chi connectivity index (χ4v) is 2.52. The summed E-state index contributed by atoms with van der Waals surface area (Å²) in [5.41, 5.74) is 2.31. The summed E-state index contributed by atoms with van der Waals surface area (Å²) in [6.07, 6.45) is 2.16. The molecule has 1 N–H and O–H groups in total. The third kappa shape index (κ3) is 3.16. The number of aryl methyl sites for hydroxylation is 2. The lowest BCUT2D eigenvalue weighted by molar-refractivity contribution is 0.171. The summed E-state index contributed by atoms with van der Waals surface area (Å²) >= 11 is 9.58. The fourth-order valence-electron chi connectivity index (χ4n) is 1.91. The highest BCUT2D eigenvalue weighted by molar-refractivity contribution is 9.10. The molecule has 1 unspecified atom stereocenters. The average Bonchev–Trinajstić information content (AvgIpc) is 2.67. The number of hydrogen-bond donors (Lipinski definition) is 1. The van der Waals surface area contributed by atoms with Crippen LogP contribution >= 0.6 is 27.5 Å². The molecule has 19 heavy (non-hydrogen) atoms. The highest BCUT2D eigenvalue weighted by atomic mass is 79.9. The Morgan fingerprint density at radius 3 is 2.74 bits per heavy atom.